The van der Waals surface area contributed by atoms with Crippen LogP contribution in [0.3, 0.4) is 0 Å². The summed E-state index contributed by atoms with van der Waals surface area (Å²) in [7, 11) is 1.32. The van der Waals surface area contributed by atoms with E-state index in [1.165, 1.54) is 24.7 Å². The molecule has 112 valence electrons. The maximum Gasteiger partial charge on any atom is 0.331 e. The smallest absolute Gasteiger partial charge is 0.331 e. The van der Waals surface area contributed by atoms with Crippen molar-refractivity contribution in [3.63, 3.8) is 0 Å². The lowest BCUT2D eigenvalue weighted by molar-refractivity contribution is 0.101. The fraction of sp³-hybridized carbons (Fsp3) is 0.462. The Labute approximate surface area is 120 Å². The van der Waals surface area contributed by atoms with Crippen molar-refractivity contribution >= 4 is 5.78 Å². The lowest BCUT2D eigenvalue weighted by Crippen LogP contribution is -2.40. The Morgan fingerprint density at radius 2 is 2.05 bits per heavy atom. The van der Waals surface area contributed by atoms with Gasteiger partial charge in [0.25, 0.3) is 5.56 Å². The summed E-state index contributed by atoms with van der Waals surface area (Å²) < 4.78 is 7.16. The highest BCUT2D eigenvalue weighted by atomic mass is 16.5. The van der Waals surface area contributed by atoms with Crippen LogP contribution in [0.2, 0.25) is 0 Å². The molecule has 0 saturated carbocycles. The number of nitrogens with zero attached hydrogens (tertiary/aromatic N) is 4. The van der Waals surface area contributed by atoms with Crippen LogP contribution in [-0.2, 0) is 13.6 Å². The molecule has 0 aliphatic rings. The van der Waals surface area contributed by atoms with E-state index in [1.54, 1.807) is 0 Å². The van der Waals surface area contributed by atoms with Crippen molar-refractivity contribution in [2.45, 2.75) is 33.2 Å². The lowest BCUT2D eigenvalue weighted by Gasteiger charge is -2.07. The fourth-order valence-electron chi connectivity index (χ4n) is 1.80. The molecule has 0 N–H and O–H groups in total. The van der Waals surface area contributed by atoms with Crippen LogP contribution >= 0.6 is 0 Å². The van der Waals surface area contributed by atoms with E-state index >= 15 is 0 Å². The highest BCUT2D eigenvalue weighted by Gasteiger charge is 2.15. The first-order valence-electron chi connectivity index (χ1n) is 6.45. The summed E-state index contributed by atoms with van der Waals surface area (Å²) in [5, 5.41) is 3.78. The third-order valence-electron chi connectivity index (χ3n) is 3.02. The van der Waals surface area contributed by atoms with Gasteiger partial charge in [0.05, 0.1) is 12.1 Å². The van der Waals surface area contributed by atoms with Gasteiger partial charge < -0.3 is 4.52 Å². The summed E-state index contributed by atoms with van der Waals surface area (Å²) in [6, 6.07) is 0. The van der Waals surface area contributed by atoms with Crippen LogP contribution in [0.1, 0.15) is 48.8 Å². The number of carbonyl (C=O) groups is 1. The number of Topliss-reactive ketones (excluding diaryl/α,β-unsaturated/α-hetero) is 1. The fourth-order valence-corrected chi connectivity index (χ4v) is 1.80. The van der Waals surface area contributed by atoms with Gasteiger partial charge in [-0.1, -0.05) is 19.0 Å². The molecule has 0 fully saturated rings. The van der Waals surface area contributed by atoms with Gasteiger partial charge in [0.1, 0.15) is 0 Å². The van der Waals surface area contributed by atoms with Crippen molar-refractivity contribution in [2.24, 2.45) is 7.05 Å². The quantitative estimate of drug-likeness (QED) is 0.752. The van der Waals surface area contributed by atoms with Gasteiger partial charge in [-0.2, -0.15) is 4.98 Å². The number of aromatic nitrogens is 4. The third-order valence-corrected chi connectivity index (χ3v) is 3.02. The molecular formula is C13H16N4O4. The maximum absolute atomic E-state index is 12.0. The summed E-state index contributed by atoms with van der Waals surface area (Å²) in [5.74, 6) is 0.458. The molecule has 8 heteroatoms. The molecule has 8 nitrogen and oxygen atoms in total. The van der Waals surface area contributed by atoms with Crippen molar-refractivity contribution in [3.05, 3.63) is 44.3 Å². The molecule has 2 rings (SSSR count). The SMILES string of the molecule is CC(=O)c1cn(Cc2noc(C(C)C)n2)c(=O)n(C)c1=O. The van der Waals surface area contributed by atoms with Gasteiger partial charge in [-0.25, -0.2) is 4.79 Å². The topological polar surface area (TPSA) is 100.0 Å². The van der Waals surface area contributed by atoms with Gasteiger partial charge in [-0.15, -0.1) is 0 Å². The molecule has 0 unspecified atom stereocenters. The second kappa shape index (κ2) is 5.47. The zero-order chi connectivity index (χ0) is 15.7. The second-order valence-electron chi connectivity index (χ2n) is 5.08. The molecule has 0 saturated heterocycles. The summed E-state index contributed by atoms with van der Waals surface area (Å²) in [5.41, 5.74) is -1.20. The molecule has 21 heavy (non-hydrogen) atoms. The summed E-state index contributed by atoms with van der Waals surface area (Å²) in [6.07, 6.45) is 1.23. The first-order valence-corrected chi connectivity index (χ1v) is 6.45. The highest BCUT2D eigenvalue weighted by Crippen LogP contribution is 2.11. The average molecular weight is 292 g/mol. The lowest BCUT2D eigenvalue weighted by atomic mass is 10.2. The zero-order valence-electron chi connectivity index (χ0n) is 12.3. The van der Waals surface area contributed by atoms with Gasteiger partial charge in [0.15, 0.2) is 11.6 Å². The number of hydrogen-bond acceptors (Lipinski definition) is 6. The molecule has 2 aromatic heterocycles. The Balaban J connectivity index is 2.46. The van der Waals surface area contributed by atoms with Gasteiger partial charge in [0, 0.05) is 19.2 Å². The second-order valence-corrected chi connectivity index (χ2v) is 5.08. The molecule has 0 aliphatic carbocycles. The summed E-state index contributed by atoms with van der Waals surface area (Å²) in [4.78, 5) is 39.5. The minimum atomic E-state index is -0.611. The average Bonchev–Trinajstić information content (AvgIpc) is 2.88. The van der Waals surface area contributed by atoms with E-state index in [1.807, 2.05) is 13.8 Å². The number of rotatable bonds is 4. The monoisotopic (exact) mass is 292 g/mol. The summed E-state index contributed by atoms with van der Waals surface area (Å²) in [6.45, 7) is 5.12. The molecule has 0 radical (unpaired) electrons. The molecule has 0 aromatic carbocycles. The van der Waals surface area contributed by atoms with Crippen LogP contribution in [0.15, 0.2) is 20.3 Å². The highest BCUT2D eigenvalue weighted by molar-refractivity contribution is 5.93. The van der Waals surface area contributed by atoms with Gasteiger partial charge in [-0.05, 0) is 6.92 Å². The van der Waals surface area contributed by atoms with Crippen LogP contribution in [-0.4, -0.2) is 25.1 Å². The predicted molar refractivity (Wildman–Crippen MR) is 73.4 cm³/mol. The van der Waals surface area contributed by atoms with E-state index in [0.29, 0.717) is 11.7 Å². The van der Waals surface area contributed by atoms with Crippen LogP contribution in [0.5, 0.6) is 0 Å². The number of ketones is 1. The van der Waals surface area contributed by atoms with E-state index in [2.05, 4.69) is 10.1 Å². The number of hydrogen-bond donors (Lipinski definition) is 0. The molecule has 0 bridgehead atoms. The first kappa shape index (κ1) is 14.9. The minimum Gasteiger partial charge on any atom is -0.339 e. The standard InChI is InChI=1S/C13H16N4O4/c1-7(2)11-14-10(15-21-11)6-17-5-9(8(3)18)12(19)16(4)13(17)20/h5,7H,6H2,1-4H3. The Bertz CT molecular complexity index is 797. The minimum absolute atomic E-state index is 0.0312. The van der Waals surface area contributed by atoms with Crippen molar-refractivity contribution < 1.29 is 9.32 Å². The predicted octanol–water partition coefficient (Wildman–Crippen LogP) is 0.304. The van der Waals surface area contributed by atoms with E-state index in [-0.39, 0.29) is 18.0 Å². The maximum atomic E-state index is 12.0. The Morgan fingerprint density at radius 3 is 2.57 bits per heavy atom. The van der Waals surface area contributed by atoms with Crippen molar-refractivity contribution in [3.8, 4) is 0 Å². The van der Waals surface area contributed by atoms with Crippen LogP contribution in [0.25, 0.3) is 0 Å². The van der Waals surface area contributed by atoms with Crippen molar-refractivity contribution in [1.82, 2.24) is 19.3 Å². The Morgan fingerprint density at radius 1 is 1.38 bits per heavy atom. The molecule has 0 atom stereocenters. The van der Waals surface area contributed by atoms with Crippen LogP contribution in [0, 0.1) is 0 Å². The van der Waals surface area contributed by atoms with E-state index < -0.39 is 17.0 Å². The molecule has 0 aliphatic heterocycles. The third kappa shape index (κ3) is 2.83. The van der Waals surface area contributed by atoms with E-state index in [9.17, 15) is 14.4 Å². The number of carbonyl (C=O) groups excluding carboxylic acids is 1. The van der Waals surface area contributed by atoms with Gasteiger partial charge in [0.2, 0.25) is 5.89 Å². The van der Waals surface area contributed by atoms with Crippen molar-refractivity contribution in [1.29, 1.82) is 0 Å². The van der Waals surface area contributed by atoms with Crippen molar-refractivity contribution in [2.75, 3.05) is 0 Å². The molecule has 2 heterocycles. The largest absolute Gasteiger partial charge is 0.339 e. The molecule has 2 aromatic rings. The molecular weight excluding hydrogens is 276 g/mol. The van der Waals surface area contributed by atoms with Gasteiger partial charge in [-0.3, -0.25) is 18.7 Å². The first-order chi connectivity index (χ1) is 9.81. The normalized spacial score (nSPS) is 11.1. The molecule has 0 spiro atoms. The van der Waals surface area contributed by atoms with E-state index in [0.717, 1.165) is 4.57 Å². The van der Waals surface area contributed by atoms with Crippen LogP contribution in [0.4, 0.5) is 0 Å². The molecule has 0 amide bonds. The Kier molecular flexibility index (Phi) is 3.88. The van der Waals surface area contributed by atoms with Crippen LogP contribution < -0.4 is 11.2 Å². The summed E-state index contributed by atoms with van der Waals surface area (Å²) >= 11 is 0. The van der Waals surface area contributed by atoms with E-state index in [4.69, 9.17) is 4.52 Å². The zero-order valence-corrected chi connectivity index (χ0v) is 12.3. The van der Waals surface area contributed by atoms with Gasteiger partial charge >= 0.3 is 5.69 Å². The Hall–Kier alpha value is -2.51.